The summed E-state index contributed by atoms with van der Waals surface area (Å²) in [5.74, 6) is -0.727. The first-order valence-electron chi connectivity index (χ1n) is 11.1. The summed E-state index contributed by atoms with van der Waals surface area (Å²) < 4.78 is 6.30. The van der Waals surface area contributed by atoms with Crippen LogP contribution in [-0.2, 0) is 19.9 Å². The molecule has 2 aliphatic rings. The largest absolute Gasteiger partial charge is 0.454 e. The molecule has 4 rings (SSSR count). The molecule has 1 aliphatic heterocycles. The third-order valence-corrected chi connectivity index (χ3v) is 6.65. The molecule has 0 spiro atoms. The second kappa shape index (κ2) is 9.30. The summed E-state index contributed by atoms with van der Waals surface area (Å²) in [5, 5.41) is 14.3. The number of carbonyl (C=O) groups is 2. The van der Waals surface area contributed by atoms with Crippen molar-refractivity contribution in [3.05, 3.63) is 48.5 Å². The maximum Gasteiger partial charge on any atom is 0.343 e. The van der Waals surface area contributed by atoms with Crippen molar-refractivity contribution in [2.24, 2.45) is 5.92 Å². The summed E-state index contributed by atoms with van der Waals surface area (Å²) >= 11 is 0. The van der Waals surface area contributed by atoms with Crippen molar-refractivity contribution in [1.29, 1.82) is 0 Å². The number of carbonyl (C=O) groups excluding carboxylic acids is 2. The first kappa shape index (κ1) is 22.3. The van der Waals surface area contributed by atoms with Crippen LogP contribution in [0.15, 0.2) is 43.0 Å². The molecule has 2 fully saturated rings. The molecule has 2 heterocycles. The first-order chi connectivity index (χ1) is 15.4. The lowest BCUT2D eigenvalue weighted by Gasteiger charge is -2.33. The second-order valence-electron chi connectivity index (χ2n) is 9.12. The normalized spacial score (nSPS) is 25.2. The van der Waals surface area contributed by atoms with Crippen LogP contribution in [0.4, 0.5) is 5.95 Å². The zero-order chi connectivity index (χ0) is 22.6. The minimum absolute atomic E-state index is 0.147. The number of amides is 1. The quantitative estimate of drug-likeness (QED) is 0.497. The Morgan fingerprint density at radius 2 is 1.84 bits per heavy atom. The van der Waals surface area contributed by atoms with Crippen molar-refractivity contribution in [2.45, 2.75) is 43.8 Å². The number of likely N-dealkylation sites (N-methyl/N-ethyl adjacent to an activating group) is 1. The van der Waals surface area contributed by atoms with Crippen molar-refractivity contribution in [1.82, 2.24) is 15.0 Å². The van der Waals surface area contributed by atoms with Gasteiger partial charge in [0.05, 0.1) is 13.6 Å². The molecular formula is C23H30N5O4+. The predicted molar refractivity (Wildman–Crippen MR) is 116 cm³/mol. The van der Waals surface area contributed by atoms with Crippen molar-refractivity contribution in [2.75, 3.05) is 32.0 Å². The maximum absolute atomic E-state index is 13.3. The Balaban J connectivity index is 1.40. The third kappa shape index (κ3) is 4.78. The zero-order valence-corrected chi connectivity index (χ0v) is 18.3. The fourth-order valence-corrected chi connectivity index (χ4v) is 4.98. The van der Waals surface area contributed by atoms with Gasteiger partial charge in [0, 0.05) is 12.3 Å². The lowest BCUT2D eigenvalue weighted by Crippen LogP contribution is -2.49. The Kier molecular flexibility index (Phi) is 6.48. The molecule has 32 heavy (non-hydrogen) atoms. The van der Waals surface area contributed by atoms with Crippen LogP contribution >= 0.6 is 0 Å². The maximum atomic E-state index is 13.3. The number of aromatic nitrogens is 3. The van der Waals surface area contributed by atoms with Gasteiger partial charge in [0.25, 0.3) is 5.91 Å². The standard InChI is InChI=1S/C23H29N5O4/c1-28(14-20(29)27-22-25-15-24-16-26-22)12-11-19(13-28)32-21(30)23(31,18-9-5-6-10-18)17-7-3-2-4-8-17/h2-4,7-8,15-16,18-19,31H,5-6,9-14H2,1H3/p+1. The number of nitrogens with one attached hydrogen (secondary N) is 1. The fourth-order valence-electron chi connectivity index (χ4n) is 4.98. The molecule has 1 aromatic heterocycles. The summed E-state index contributed by atoms with van der Waals surface area (Å²) in [7, 11) is 1.96. The van der Waals surface area contributed by atoms with E-state index in [2.05, 4.69) is 20.3 Å². The Bertz CT molecular complexity index is 938. The molecule has 0 radical (unpaired) electrons. The molecule has 1 aromatic carbocycles. The molecule has 1 saturated heterocycles. The van der Waals surface area contributed by atoms with E-state index in [0.717, 1.165) is 25.7 Å². The number of nitrogens with zero attached hydrogens (tertiary/aromatic N) is 4. The molecular weight excluding hydrogens is 410 g/mol. The number of rotatable bonds is 7. The third-order valence-electron chi connectivity index (χ3n) is 6.65. The van der Waals surface area contributed by atoms with Gasteiger partial charge in [-0.1, -0.05) is 43.2 Å². The highest BCUT2D eigenvalue weighted by Crippen LogP contribution is 2.42. The molecule has 0 bridgehead atoms. The molecule has 1 amide bonds. The lowest BCUT2D eigenvalue weighted by molar-refractivity contribution is -0.890. The lowest BCUT2D eigenvalue weighted by atomic mass is 9.80. The Hall–Kier alpha value is -2.91. The number of quaternary nitrogens is 1. The van der Waals surface area contributed by atoms with Crippen LogP contribution in [0.25, 0.3) is 0 Å². The van der Waals surface area contributed by atoms with E-state index in [4.69, 9.17) is 4.74 Å². The smallest absolute Gasteiger partial charge is 0.343 e. The Labute approximate surface area is 187 Å². The number of hydrogen-bond donors (Lipinski definition) is 2. The molecule has 3 unspecified atom stereocenters. The number of hydrogen-bond acceptors (Lipinski definition) is 7. The van der Waals surface area contributed by atoms with Gasteiger partial charge in [-0.25, -0.2) is 19.7 Å². The summed E-state index contributed by atoms with van der Waals surface area (Å²) in [6.07, 6.45) is 6.53. The van der Waals surface area contributed by atoms with Gasteiger partial charge >= 0.3 is 5.97 Å². The van der Waals surface area contributed by atoms with Gasteiger partial charge in [-0.15, -0.1) is 0 Å². The number of aliphatic hydroxyl groups is 1. The number of esters is 1. The highest BCUT2D eigenvalue weighted by atomic mass is 16.6. The average molecular weight is 441 g/mol. The zero-order valence-electron chi connectivity index (χ0n) is 18.3. The van der Waals surface area contributed by atoms with Crippen LogP contribution in [-0.4, -0.2) is 69.2 Å². The molecule has 2 aromatic rings. The van der Waals surface area contributed by atoms with Gasteiger partial charge in [0.1, 0.15) is 19.2 Å². The number of anilines is 1. The van der Waals surface area contributed by atoms with E-state index in [1.807, 2.05) is 25.2 Å². The fraction of sp³-hybridized carbons (Fsp3) is 0.522. The highest BCUT2D eigenvalue weighted by Gasteiger charge is 2.50. The van der Waals surface area contributed by atoms with Crippen LogP contribution in [0, 0.1) is 5.92 Å². The van der Waals surface area contributed by atoms with E-state index < -0.39 is 11.6 Å². The summed E-state index contributed by atoms with van der Waals surface area (Å²) in [6, 6.07) is 9.11. The van der Waals surface area contributed by atoms with Crippen molar-refractivity contribution >= 4 is 17.8 Å². The van der Waals surface area contributed by atoms with E-state index in [1.165, 1.54) is 12.7 Å². The predicted octanol–water partition coefficient (Wildman–Crippen LogP) is 1.65. The first-order valence-corrected chi connectivity index (χ1v) is 11.1. The molecule has 1 aliphatic carbocycles. The summed E-state index contributed by atoms with van der Waals surface area (Å²) in [6.45, 7) is 1.41. The number of ether oxygens (including phenoxy) is 1. The van der Waals surface area contributed by atoms with Gasteiger partial charge < -0.3 is 14.3 Å². The van der Waals surface area contributed by atoms with Gasteiger partial charge in [-0.2, -0.15) is 0 Å². The van der Waals surface area contributed by atoms with Crippen LogP contribution < -0.4 is 5.32 Å². The van der Waals surface area contributed by atoms with E-state index >= 15 is 0 Å². The Morgan fingerprint density at radius 3 is 2.53 bits per heavy atom. The molecule has 170 valence electrons. The van der Waals surface area contributed by atoms with E-state index in [0.29, 0.717) is 29.6 Å². The average Bonchev–Trinajstić information content (AvgIpc) is 3.45. The van der Waals surface area contributed by atoms with Crippen LogP contribution in [0.2, 0.25) is 0 Å². The van der Waals surface area contributed by atoms with Crippen LogP contribution in [0.1, 0.15) is 37.7 Å². The van der Waals surface area contributed by atoms with E-state index in [9.17, 15) is 14.7 Å². The van der Waals surface area contributed by atoms with Gasteiger partial charge in [0.15, 0.2) is 18.2 Å². The van der Waals surface area contributed by atoms with Gasteiger partial charge in [0.2, 0.25) is 5.95 Å². The Morgan fingerprint density at radius 1 is 1.16 bits per heavy atom. The SMILES string of the molecule is C[N+]1(CC(=O)Nc2ncncn2)CCC(OC(=O)C(O)(c2ccccc2)C2CCCC2)C1. The minimum Gasteiger partial charge on any atom is -0.454 e. The summed E-state index contributed by atoms with van der Waals surface area (Å²) in [5.41, 5.74) is -1.05. The van der Waals surface area contributed by atoms with Crippen molar-refractivity contribution < 1.29 is 23.9 Å². The van der Waals surface area contributed by atoms with Crippen molar-refractivity contribution in [3.63, 3.8) is 0 Å². The minimum atomic E-state index is -1.64. The monoisotopic (exact) mass is 440 g/mol. The molecule has 9 nitrogen and oxygen atoms in total. The highest BCUT2D eigenvalue weighted by molar-refractivity contribution is 5.89. The number of benzene rings is 1. The van der Waals surface area contributed by atoms with Gasteiger partial charge in [-0.3, -0.25) is 10.1 Å². The topological polar surface area (TPSA) is 114 Å². The molecule has 2 N–H and O–H groups in total. The second-order valence-corrected chi connectivity index (χ2v) is 9.12. The molecule has 1 saturated carbocycles. The van der Waals surface area contributed by atoms with Gasteiger partial charge in [-0.05, 0) is 18.4 Å². The number of likely N-dealkylation sites (tertiary alicyclic amines) is 1. The summed E-state index contributed by atoms with van der Waals surface area (Å²) in [4.78, 5) is 37.3. The van der Waals surface area contributed by atoms with Crippen molar-refractivity contribution in [3.8, 4) is 0 Å². The van der Waals surface area contributed by atoms with E-state index in [-0.39, 0.29) is 30.4 Å². The molecule has 3 atom stereocenters. The molecule has 9 heteroatoms. The van der Waals surface area contributed by atoms with Crippen LogP contribution in [0.3, 0.4) is 0 Å². The van der Waals surface area contributed by atoms with Crippen LogP contribution in [0.5, 0.6) is 0 Å². The van der Waals surface area contributed by atoms with E-state index in [1.54, 1.807) is 12.1 Å².